The van der Waals surface area contributed by atoms with E-state index in [1.54, 1.807) is 30.3 Å². The highest BCUT2D eigenvalue weighted by Crippen LogP contribution is 2.26. The minimum Gasteiger partial charge on any atom is -0.488 e. The summed E-state index contributed by atoms with van der Waals surface area (Å²) in [6.45, 7) is 1.29. The van der Waals surface area contributed by atoms with Gasteiger partial charge in [0, 0.05) is 16.8 Å². The predicted octanol–water partition coefficient (Wildman–Crippen LogP) is 3.86. The van der Waals surface area contributed by atoms with Gasteiger partial charge in [0.25, 0.3) is 0 Å². The number of cyclic esters (lactones) is 1. The molecule has 0 aromatic heterocycles. The van der Waals surface area contributed by atoms with Crippen LogP contribution in [0.4, 0.5) is 10.5 Å². The Morgan fingerprint density at radius 3 is 2.81 bits per heavy atom. The van der Waals surface area contributed by atoms with Crippen LogP contribution in [0.1, 0.15) is 15.9 Å². The second-order valence-corrected chi connectivity index (χ2v) is 6.06. The Balaban J connectivity index is 1.51. The molecule has 2 aliphatic heterocycles. The highest BCUT2D eigenvalue weighted by molar-refractivity contribution is 6.06. The number of anilines is 1. The minimum absolute atomic E-state index is 0.126. The van der Waals surface area contributed by atoms with E-state index in [0.717, 1.165) is 16.9 Å². The molecule has 2 aromatic rings. The number of carbonyl (C=O) groups excluding carboxylic acids is 2. The quantitative estimate of drug-likeness (QED) is 0.622. The number of benzene rings is 2. The van der Waals surface area contributed by atoms with Crippen molar-refractivity contribution in [2.75, 3.05) is 24.7 Å². The number of hydrogen-bond acceptors (Lipinski definition) is 4. The smallest absolute Gasteiger partial charge is 0.414 e. The number of ketones is 1. The number of hydrogen-bond donors (Lipinski definition) is 0. The first-order valence-corrected chi connectivity index (χ1v) is 8.40. The molecule has 4 rings (SSSR count). The number of nitrogens with zero attached hydrogens (tertiary/aromatic N) is 1. The largest absolute Gasteiger partial charge is 0.488 e. The van der Waals surface area contributed by atoms with Crippen LogP contribution < -0.4 is 9.64 Å². The average molecular weight is 347 g/mol. The Bertz CT molecular complexity index is 929. The summed E-state index contributed by atoms with van der Waals surface area (Å²) in [6.07, 6.45) is 4.94. The highest BCUT2D eigenvalue weighted by Gasteiger charge is 2.23. The van der Waals surface area contributed by atoms with Crippen LogP contribution >= 0.6 is 0 Å². The summed E-state index contributed by atoms with van der Waals surface area (Å²) in [5.74, 6) is 0.723. The maximum Gasteiger partial charge on any atom is 0.414 e. The highest BCUT2D eigenvalue weighted by atomic mass is 16.6. The van der Waals surface area contributed by atoms with Crippen molar-refractivity contribution in [3.8, 4) is 5.75 Å². The number of carbonyl (C=O) groups is 2. The molecule has 1 saturated heterocycles. The standard InChI is InChI=1S/C21H17NO4/c23-19(9-8-15-12-17-4-1-2-7-20(17)26-14-15)16-5-3-6-18(13-16)22-10-11-25-21(22)24/h1-9,12-13H,10-11,14H2. The van der Waals surface area contributed by atoms with Gasteiger partial charge in [-0.25, -0.2) is 4.79 Å². The lowest BCUT2D eigenvalue weighted by Gasteiger charge is -2.15. The molecule has 2 aromatic carbocycles. The van der Waals surface area contributed by atoms with Gasteiger partial charge in [0.05, 0.1) is 6.54 Å². The first-order valence-electron chi connectivity index (χ1n) is 8.40. The Morgan fingerprint density at radius 2 is 1.96 bits per heavy atom. The van der Waals surface area contributed by atoms with Crippen molar-refractivity contribution in [3.63, 3.8) is 0 Å². The van der Waals surface area contributed by atoms with E-state index in [0.29, 0.717) is 31.0 Å². The monoisotopic (exact) mass is 347 g/mol. The molecular weight excluding hydrogens is 330 g/mol. The van der Waals surface area contributed by atoms with Crippen LogP contribution in [-0.2, 0) is 4.74 Å². The van der Waals surface area contributed by atoms with Crippen LogP contribution in [0, 0.1) is 0 Å². The molecule has 130 valence electrons. The van der Waals surface area contributed by atoms with Gasteiger partial charge in [-0.2, -0.15) is 0 Å². The van der Waals surface area contributed by atoms with Crippen LogP contribution in [0.25, 0.3) is 6.08 Å². The van der Waals surface area contributed by atoms with Gasteiger partial charge in [0.1, 0.15) is 19.0 Å². The molecule has 0 radical (unpaired) electrons. The zero-order valence-corrected chi connectivity index (χ0v) is 14.1. The van der Waals surface area contributed by atoms with Crippen molar-refractivity contribution < 1.29 is 19.1 Å². The third kappa shape index (κ3) is 3.24. The van der Waals surface area contributed by atoms with Gasteiger partial charge >= 0.3 is 6.09 Å². The fraction of sp³-hybridized carbons (Fsp3) is 0.143. The lowest BCUT2D eigenvalue weighted by Crippen LogP contribution is -2.23. The molecule has 1 amide bonds. The van der Waals surface area contributed by atoms with Gasteiger partial charge in [-0.1, -0.05) is 36.4 Å². The lowest BCUT2D eigenvalue weighted by atomic mass is 10.1. The zero-order valence-electron chi connectivity index (χ0n) is 14.1. The minimum atomic E-state index is -0.381. The van der Waals surface area contributed by atoms with Crippen molar-refractivity contribution in [1.29, 1.82) is 0 Å². The number of para-hydroxylation sites is 1. The molecule has 5 heteroatoms. The van der Waals surface area contributed by atoms with Crippen molar-refractivity contribution in [1.82, 2.24) is 0 Å². The van der Waals surface area contributed by atoms with E-state index in [1.807, 2.05) is 30.3 Å². The second kappa shape index (κ2) is 6.88. The zero-order chi connectivity index (χ0) is 17.9. The van der Waals surface area contributed by atoms with Crippen molar-refractivity contribution >= 4 is 23.6 Å². The van der Waals surface area contributed by atoms with Gasteiger partial charge < -0.3 is 9.47 Å². The Kier molecular flexibility index (Phi) is 4.27. The van der Waals surface area contributed by atoms with Gasteiger partial charge in [-0.3, -0.25) is 9.69 Å². The number of rotatable bonds is 4. The summed E-state index contributed by atoms with van der Waals surface area (Å²) in [7, 11) is 0. The average Bonchev–Trinajstić information content (AvgIpc) is 3.12. The number of fused-ring (bicyclic) bond motifs is 1. The maximum atomic E-state index is 12.5. The lowest BCUT2D eigenvalue weighted by molar-refractivity contribution is 0.104. The summed E-state index contributed by atoms with van der Waals surface area (Å²) in [5, 5.41) is 0. The molecule has 5 nitrogen and oxygen atoms in total. The van der Waals surface area contributed by atoms with Crippen LogP contribution in [0.3, 0.4) is 0 Å². The summed E-state index contributed by atoms with van der Waals surface area (Å²) >= 11 is 0. The van der Waals surface area contributed by atoms with Gasteiger partial charge in [0.15, 0.2) is 5.78 Å². The second-order valence-electron chi connectivity index (χ2n) is 6.06. The molecule has 0 saturated carbocycles. The molecule has 0 unspecified atom stereocenters. The number of ether oxygens (including phenoxy) is 2. The van der Waals surface area contributed by atoms with Gasteiger partial charge in [-0.15, -0.1) is 0 Å². The number of allylic oxidation sites excluding steroid dienone is 1. The Morgan fingerprint density at radius 1 is 1.08 bits per heavy atom. The summed E-state index contributed by atoms with van der Waals surface area (Å²) < 4.78 is 10.6. The van der Waals surface area contributed by atoms with Crippen LogP contribution in [0.2, 0.25) is 0 Å². The molecule has 26 heavy (non-hydrogen) atoms. The van der Waals surface area contributed by atoms with E-state index in [2.05, 4.69) is 0 Å². The third-order valence-electron chi connectivity index (χ3n) is 4.31. The van der Waals surface area contributed by atoms with E-state index in [-0.39, 0.29) is 11.9 Å². The SMILES string of the molecule is O=C(C=CC1=Cc2ccccc2OC1)c1cccc(N2CCOC2=O)c1. The van der Waals surface area contributed by atoms with Crippen molar-refractivity contribution in [3.05, 3.63) is 77.4 Å². The van der Waals surface area contributed by atoms with Crippen molar-refractivity contribution in [2.45, 2.75) is 0 Å². The van der Waals surface area contributed by atoms with Gasteiger partial charge in [-0.05, 0) is 35.9 Å². The van der Waals surface area contributed by atoms with Gasteiger partial charge in [0.2, 0.25) is 0 Å². The fourth-order valence-electron chi connectivity index (χ4n) is 2.96. The van der Waals surface area contributed by atoms with E-state index < -0.39 is 0 Å². The first-order chi connectivity index (χ1) is 12.7. The van der Waals surface area contributed by atoms with Crippen LogP contribution in [0.5, 0.6) is 5.75 Å². The Hall–Kier alpha value is -3.34. The Labute approximate surface area is 151 Å². The molecule has 2 heterocycles. The van der Waals surface area contributed by atoms with Crippen molar-refractivity contribution in [2.24, 2.45) is 0 Å². The van der Waals surface area contributed by atoms with E-state index >= 15 is 0 Å². The van der Waals surface area contributed by atoms with E-state index in [9.17, 15) is 9.59 Å². The normalized spacial score (nSPS) is 16.1. The van der Waals surface area contributed by atoms with E-state index in [4.69, 9.17) is 9.47 Å². The maximum absolute atomic E-state index is 12.5. The van der Waals surface area contributed by atoms with E-state index in [1.165, 1.54) is 11.0 Å². The first kappa shape index (κ1) is 16.1. The summed E-state index contributed by atoms with van der Waals surface area (Å²) in [4.78, 5) is 25.7. The summed E-state index contributed by atoms with van der Waals surface area (Å²) in [5.41, 5.74) is 3.12. The molecule has 2 aliphatic rings. The molecule has 1 fully saturated rings. The van der Waals surface area contributed by atoms with Crippen LogP contribution in [0.15, 0.2) is 66.3 Å². The third-order valence-corrected chi connectivity index (χ3v) is 4.31. The fourth-order valence-corrected chi connectivity index (χ4v) is 2.96. The molecule has 0 aliphatic carbocycles. The summed E-state index contributed by atoms with van der Waals surface area (Å²) in [6, 6.07) is 14.8. The molecule has 0 N–H and O–H groups in total. The molecule has 0 spiro atoms. The number of amides is 1. The molecule has 0 atom stereocenters. The topological polar surface area (TPSA) is 55.8 Å². The molecular formula is C21H17NO4. The molecule has 0 bridgehead atoms. The predicted molar refractivity (Wildman–Crippen MR) is 98.5 cm³/mol. The van der Waals surface area contributed by atoms with Crippen LogP contribution in [-0.4, -0.2) is 31.6 Å².